The highest BCUT2D eigenvalue weighted by molar-refractivity contribution is 5.97. The van der Waals surface area contributed by atoms with Gasteiger partial charge in [-0.25, -0.2) is 0 Å². The first-order chi connectivity index (χ1) is 11.3. The minimum atomic E-state index is -0.0317. The Morgan fingerprint density at radius 1 is 1.29 bits per heavy atom. The zero-order valence-electron chi connectivity index (χ0n) is 15.3. The fourth-order valence-electron chi connectivity index (χ4n) is 2.45. The normalized spacial score (nSPS) is 11.4. The lowest BCUT2D eigenvalue weighted by Crippen LogP contribution is -2.27. The van der Waals surface area contributed by atoms with Crippen LogP contribution in [0.25, 0.3) is 0 Å². The van der Waals surface area contributed by atoms with Crippen LogP contribution >= 0.6 is 0 Å². The zero-order valence-corrected chi connectivity index (χ0v) is 15.3. The van der Waals surface area contributed by atoms with Crippen LogP contribution in [0.2, 0.25) is 0 Å². The van der Waals surface area contributed by atoms with Crippen LogP contribution in [0, 0.1) is 12.3 Å². The molecule has 2 N–H and O–H groups in total. The summed E-state index contributed by atoms with van der Waals surface area (Å²) in [5, 5.41) is 10.6. The van der Waals surface area contributed by atoms with E-state index in [-0.39, 0.29) is 11.3 Å². The molecule has 0 saturated heterocycles. The summed E-state index contributed by atoms with van der Waals surface area (Å²) in [6.45, 7) is 10.0. The van der Waals surface area contributed by atoms with Crippen molar-refractivity contribution in [2.24, 2.45) is 12.5 Å². The molecule has 0 unspecified atom stereocenters. The van der Waals surface area contributed by atoms with Crippen LogP contribution in [-0.4, -0.2) is 28.8 Å². The Kier molecular flexibility index (Phi) is 5.65. The van der Waals surface area contributed by atoms with Gasteiger partial charge in [-0.2, -0.15) is 5.10 Å². The van der Waals surface area contributed by atoms with E-state index in [1.54, 1.807) is 4.68 Å². The molecule has 0 fully saturated rings. The van der Waals surface area contributed by atoms with Crippen LogP contribution in [0.5, 0.6) is 0 Å². The van der Waals surface area contributed by atoms with Crippen molar-refractivity contribution in [2.45, 2.75) is 34.1 Å². The van der Waals surface area contributed by atoms with Gasteiger partial charge in [0.05, 0.1) is 6.20 Å². The van der Waals surface area contributed by atoms with Crippen molar-refractivity contribution in [2.75, 3.05) is 18.4 Å². The number of anilines is 1. The number of amides is 1. The standard InChI is InChI=1S/C19H28N4O/c1-14-16(7-6-8-17(14)21-13-19(2,3)4)18(24)20-10-9-15-11-22-23(5)12-15/h6-8,11-12,21H,9-10,13H2,1-5H3,(H,20,24). The molecule has 1 aromatic carbocycles. The van der Waals surface area contributed by atoms with E-state index in [4.69, 9.17) is 0 Å². The summed E-state index contributed by atoms with van der Waals surface area (Å²) in [4.78, 5) is 12.5. The molecule has 0 atom stereocenters. The molecule has 1 aromatic heterocycles. The van der Waals surface area contributed by atoms with Crippen molar-refractivity contribution in [3.05, 3.63) is 47.3 Å². The number of hydrogen-bond donors (Lipinski definition) is 2. The fraction of sp³-hybridized carbons (Fsp3) is 0.474. The number of hydrogen-bond acceptors (Lipinski definition) is 3. The largest absolute Gasteiger partial charge is 0.384 e. The van der Waals surface area contributed by atoms with Crippen molar-refractivity contribution >= 4 is 11.6 Å². The topological polar surface area (TPSA) is 59.0 Å². The van der Waals surface area contributed by atoms with Crippen molar-refractivity contribution in [3.63, 3.8) is 0 Å². The van der Waals surface area contributed by atoms with E-state index in [1.807, 2.05) is 44.6 Å². The summed E-state index contributed by atoms with van der Waals surface area (Å²) >= 11 is 0. The average molecular weight is 328 g/mol. The molecule has 24 heavy (non-hydrogen) atoms. The number of carbonyl (C=O) groups excluding carboxylic acids is 1. The third kappa shape index (κ3) is 5.11. The molecule has 5 nitrogen and oxygen atoms in total. The first kappa shape index (κ1) is 18.0. The summed E-state index contributed by atoms with van der Waals surface area (Å²) < 4.78 is 1.77. The van der Waals surface area contributed by atoms with Gasteiger partial charge in [0.1, 0.15) is 0 Å². The number of nitrogens with zero attached hydrogens (tertiary/aromatic N) is 2. The van der Waals surface area contributed by atoms with Gasteiger partial charge in [0.25, 0.3) is 5.91 Å². The van der Waals surface area contributed by atoms with Gasteiger partial charge in [0.2, 0.25) is 0 Å². The predicted molar refractivity (Wildman–Crippen MR) is 98.4 cm³/mol. The van der Waals surface area contributed by atoms with Gasteiger partial charge in [-0.1, -0.05) is 26.8 Å². The Hall–Kier alpha value is -2.30. The van der Waals surface area contributed by atoms with Crippen molar-refractivity contribution < 1.29 is 4.79 Å². The van der Waals surface area contributed by atoms with Gasteiger partial charge in [0.15, 0.2) is 0 Å². The second-order valence-corrected chi connectivity index (χ2v) is 7.42. The molecule has 0 aliphatic rings. The Bertz CT molecular complexity index is 698. The summed E-state index contributed by atoms with van der Waals surface area (Å²) in [6, 6.07) is 5.82. The van der Waals surface area contributed by atoms with Crippen LogP contribution in [0.3, 0.4) is 0 Å². The SMILES string of the molecule is Cc1c(NCC(C)(C)C)cccc1C(=O)NCCc1cnn(C)c1. The lowest BCUT2D eigenvalue weighted by Gasteiger charge is -2.21. The summed E-state index contributed by atoms with van der Waals surface area (Å²) in [5.41, 5.74) is 4.04. The van der Waals surface area contributed by atoms with Crippen LogP contribution in [-0.2, 0) is 13.5 Å². The molecule has 0 spiro atoms. The van der Waals surface area contributed by atoms with E-state index < -0.39 is 0 Å². The van der Waals surface area contributed by atoms with E-state index in [1.165, 1.54) is 0 Å². The minimum Gasteiger partial charge on any atom is -0.384 e. The Morgan fingerprint density at radius 2 is 2.04 bits per heavy atom. The van der Waals surface area contributed by atoms with Crippen LogP contribution in [0.1, 0.15) is 42.3 Å². The smallest absolute Gasteiger partial charge is 0.251 e. The maximum absolute atomic E-state index is 12.5. The monoisotopic (exact) mass is 328 g/mol. The lowest BCUT2D eigenvalue weighted by molar-refractivity contribution is 0.0953. The molecule has 1 heterocycles. The molecular weight excluding hydrogens is 300 g/mol. The van der Waals surface area contributed by atoms with Crippen LogP contribution < -0.4 is 10.6 Å². The molecule has 2 rings (SSSR count). The van der Waals surface area contributed by atoms with Gasteiger partial charge in [0, 0.05) is 37.6 Å². The molecule has 1 amide bonds. The van der Waals surface area contributed by atoms with Gasteiger partial charge >= 0.3 is 0 Å². The Balaban J connectivity index is 1.96. The second kappa shape index (κ2) is 7.51. The zero-order chi connectivity index (χ0) is 17.7. The lowest BCUT2D eigenvalue weighted by atomic mass is 9.96. The van der Waals surface area contributed by atoms with Crippen LogP contribution in [0.4, 0.5) is 5.69 Å². The third-order valence-electron chi connectivity index (χ3n) is 3.85. The number of nitrogens with one attached hydrogen (secondary N) is 2. The highest BCUT2D eigenvalue weighted by Gasteiger charge is 2.14. The van der Waals surface area contributed by atoms with Gasteiger partial charge in [-0.3, -0.25) is 9.48 Å². The number of aromatic nitrogens is 2. The second-order valence-electron chi connectivity index (χ2n) is 7.42. The fourth-order valence-corrected chi connectivity index (χ4v) is 2.45. The molecule has 0 radical (unpaired) electrons. The van der Waals surface area contributed by atoms with Crippen molar-refractivity contribution in [1.82, 2.24) is 15.1 Å². The Morgan fingerprint density at radius 3 is 2.67 bits per heavy atom. The van der Waals surface area contributed by atoms with Crippen molar-refractivity contribution in [3.8, 4) is 0 Å². The molecule has 0 aliphatic carbocycles. The number of aryl methyl sites for hydroxylation is 1. The number of carbonyl (C=O) groups is 1. The predicted octanol–water partition coefficient (Wildman–Crippen LogP) is 3.16. The third-order valence-corrected chi connectivity index (χ3v) is 3.85. The molecular formula is C19H28N4O. The van der Waals surface area contributed by atoms with Crippen LogP contribution in [0.15, 0.2) is 30.6 Å². The summed E-state index contributed by atoms with van der Waals surface area (Å²) in [7, 11) is 1.89. The van der Waals surface area contributed by atoms with E-state index >= 15 is 0 Å². The molecule has 0 aliphatic heterocycles. The van der Waals surface area contributed by atoms with Gasteiger partial charge < -0.3 is 10.6 Å². The molecule has 5 heteroatoms. The quantitative estimate of drug-likeness (QED) is 0.856. The Labute approximate surface area is 144 Å². The minimum absolute atomic E-state index is 0.0317. The van der Waals surface area contributed by atoms with Gasteiger partial charge in [-0.15, -0.1) is 0 Å². The molecule has 130 valence electrons. The average Bonchev–Trinajstić information content (AvgIpc) is 2.90. The first-order valence-corrected chi connectivity index (χ1v) is 8.35. The molecule has 0 bridgehead atoms. The van der Waals surface area contributed by atoms with E-state index in [0.29, 0.717) is 6.54 Å². The first-order valence-electron chi connectivity index (χ1n) is 8.35. The summed E-state index contributed by atoms with van der Waals surface area (Å²) in [5.74, 6) is -0.0317. The van der Waals surface area contributed by atoms with E-state index in [0.717, 1.165) is 35.3 Å². The molecule has 2 aromatic rings. The molecule has 0 saturated carbocycles. The van der Waals surface area contributed by atoms with E-state index in [2.05, 4.69) is 36.5 Å². The highest BCUT2D eigenvalue weighted by atomic mass is 16.1. The highest BCUT2D eigenvalue weighted by Crippen LogP contribution is 2.21. The summed E-state index contributed by atoms with van der Waals surface area (Å²) in [6.07, 6.45) is 4.57. The maximum Gasteiger partial charge on any atom is 0.251 e. The number of benzene rings is 1. The van der Waals surface area contributed by atoms with Crippen molar-refractivity contribution in [1.29, 1.82) is 0 Å². The van der Waals surface area contributed by atoms with Gasteiger partial charge in [-0.05, 0) is 42.0 Å². The maximum atomic E-state index is 12.5. The number of rotatable bonds is 6. The van der Waals surface area contributed by atoms with E-state index in [9.17, 15) is 4.79 Å².